The lowest BCUT2D eigenvalue weighted by Gasteiger charge is -2.08. The zero-order valence-corrected chi connectivity index (χ0v) is 7.25. The van der Waals surface area contributed by atoms with Gasteiger partial charge in [-0.3, -0.25) is 0 Å². The Morgan fingerprint density at radius 3 is 2.43 bits per heavy atom. The summed E-state index contributed by atoms with van der Waals surface area (Å²) in [4.78, 5) is 0. The fourth-order valence-electron chi connectivity index (χ4n) is 0.683. The van der Waals surface area contributed by atoms with Crippen LogP contribution in [0.25, 0.3) is 0 Å². The average molecular weight is 207 g/mol. The predicted molar refractivity (Wildman–Crippen MR) is 43.1 cm³/mol. The molecule has 0 saturated carbocycles. The zero-order valence-electron chi connectivity index (χ0n) is 7.25. The van der Waals surface area contributed by atoms with Crippen LogP contribution in [0.2, 0.25) is 0 Å². The van der Waals surface area contributed by atoms with Crippen molar-refractivity contribution in [1.82, 2.24) is 10.2 Å². The normalized spacial score (nSPS) is 12.6. The molecule has 1 N–H and O–H groups in total. The van der Waals surface area contributed by atoms with Crippen LogP contribution in [0.3, 0.4) is 0 Å². The van der Waals surface area contributed by atoms with Gasteiger partial charge in [0, 0.05) is 13.1 Å². The van der Waals surface area contributed by atoms with E-state index in [4.69, 9.17) is 0 Å². The fourth-order valence-corrected chi connectivity index (χ4v) is 0.683. The standard InChI is InChI=1S/C7H8F3N3O/c1-11-4-2-3-5(13-12-4)14-7(10)6(8)9/h2-3,6-7H,1H3,(H,11,12). The molecule has 0 spiro atoms. The van der Waals surface area contributed by atoms with Crippen molar-refractivity contribution in [2.45, 2.75) is 12.8 Å². The number of nitrogens with zero attached hydrogens (tertiary/aromatic N) is 2. The molecule has 7 heteroatoms. The summed E-state index contributed by atoms with van der Waals surface area (Å²) in [5.74, 6) is 0.154. The molecule has 0 aliphatic carbocycles. The van der Waals surface area contributed by atoms with Gasteiger partial charge >= 0.3 is 6.43 Å². The van der Waals surface area contributed by atoms with E-state index in [-0.39, 0.29) is 5.88 Å². The number of aromatic nitrogens is 2. The van der Waals surface area contributed by atoms with Gasteiger partial charge in [-0.15, -0.1) is 10.2 Å². The van der Waals surface area contributed by atoms with Crippen molar-refractivity contribution in [3.05, 3.63) is 12.1 Å². The van der Waals surface area contributed by atoms with Gasteiger partial charge in [0.15, 0.2) is 0 Å². The van der Waals surface area contributed by atoms with Crippen LogP contribution in [-0.4, -0.2) is 30.0 Å². The topological polar surface area (TPSA) is 47.0 Å². The molecule has 78 valence electrons. The van der Waals surface area contributed by atoms with Crippen molar-refractivity contribution in [3.63, 3.8) is 0 Å². The van der Waals surface area contributed by atoms with Gasteiger partial charge in [-0.1, -0.05) is 0 Å². The maximum absolute atomic E-state index is 12.3. The van der Waals surface area contributed by atoms with E-state index in [2.05, 4.69) is 20.3 Å². The van der Waals surface area contributed by atoms with Crippen molar-refractivity contribution in [2.75, 3.05) is 12.4 Å². The highest BCUT2D eigenvalue weighted by atomic mass is 19.3. The number of nitrogens with one attached hydrogen (secondary N) is 1. The summed E-state index contributed by atoms with van der Waals surface area (Å²) in [7, 11) is 1.61. The molecule has 0 aliphatic rings. The van der Waals surface area contributed by atoms with Gasteiger partial charge in [-0.2, -0.15) is 4.39 Å². The Morgan fingerprint density at radius 2 is 2.00 bits per heavy atom. The van der Waals surface area contributed by atoms with E-state index in [1.54, 1.807) is 7.05 Å². The van der Waals surface area contributed by atoms with E-state index in [0.717, 1.165) is 0 Å². The summed E-state index contributed by atoms with van der Waals surface area (Å²) in [6.45, 7) is 0. The lowest BCUT2D eigenvalue weighted by Crippen LogP contribution is -2.20. The third kappa shape index (κ3) is 2.75. The van der Waals surface area contributed by atoms with Crippen LogP contribution < -0.4 is 10.1 Å². The van der Waals surface area contributed by atoms with Crippen LogP contribution >= 0.6 is 0 Å². The smallest absolute Gasteiger partial charge is 0.304 e. The number of alkyl halides is 3. The van der Waals surface area contributed by atoms with Crippen LogP contribution in [0, 0.1) is 0 Å². The van der Waals surface area contributed by atoms with Crippen LogP contribution in [-0.2, 0) is 0 Å². The molecule has 1 heterocycles. The Hall–Kier alpha value is -1.53. The molecule has 0 aliphatic heterocycles. The second-order valence-corrected chi connectivity index (χ2v) is 2.31. The molecule has 1 aromatic heterocycles. The van der Waals surface area contributed by atoms with Crippen molar-refractivity contribution < 1.29 is 17.9 Å². The molecule has 1 atom stereocenters. The monoisotopic (exact) mass is 207 g/mol. The Morgan fingerprint density at radius 1 is 1.29 bits per heavy atom. The molecule has 0 fully saturated rings. The first-order valence-electron chi connectivity index (χ1n) is 3.74. The number of halogens is 3. The summed E-state index contributed by atoms with van der Waals surface area (Å²) in [6, 6.07) is 2.67. The van der Waals surface area contributed by atoms with Crippen LogP contribution in [0.1, 0.15) is 0 Å². The van der Waals surface area contributed by atoms with Crippen molar-refractivity contribution in [2.24, 2.45) is 0 Å². The van der Waals surface area contributed by atoms with E-state index in [9.17, 15) is 13.2 Å². The molecule has 14 heavy (non-hydrogen) atoms. The van der Waals surface area contributed by atoms with Crippen LogP contribution in [0.15, 0.2) is 12.1 Å². The van der Waals surface area contributed by atoms with Crippen LogP contribution in [0.5, 0.6) is 5.88 Å². The van der Waals surface area contributed by atoms with Gasteiger partial charge in [-0.25, -0.2) is 8.78 Å². The molecule has 0 radical (unpaired) electrons. The number of hydrogen-bond acceptors (Lipinski definition) is 4. The molecule has 0 aromatic carbocycles. The number of anilines is 1. The Bertz CT molecular complexity index is 280. The van der Waals surface area contributed by atoms with Gasteiger partial charge in [-0.05, 0) is 6.07 Å². The van der Waals surface area contributed by atoms with Crippen LogP contribution in [0.4, 0.5) is 19.0 Å². The van der Waals surface area contributed by atoms with Gasteiger partial charge in [0.05, 0.1) is 0 Å². The lowest BCUT2D eigenvalue weighted by atomic mass is 10.5. The second-order valence-electron chi connectivity index (χ2n) is 2.31. The van der Waals surface area contributed by atoms with E-state index < -0.39 is 12.8 Å². The van der Waals surface area contributed by atoms with Gasteiger partial charge < -0.3 is 10.1 Å². The maximum Gasteiger partial charge on any atom is 0.304 e. The minimum absolute atomic E-state index is 0.281. The van der Waals surface area contributed by atoms with Crippen molar-refractivity contribution in [3.8, 4) is 5.88 Å². The predicted octanol–water partition coefficient (Wildman–Crippen LogP) is 1.46. The van der Waals surface area contributed by atoms with Gasteiger partial charge in [0.2, 0.25) is 5.88 Å². The second kappa shape index (κ2) is 4.64. The summed E-state index contributed by atoms with van der Waals surface area (Å²) in [6.07, 6.45) is -5.87. The molecule has 4 nitrogen and oxygen atoms in total. The van der Waals surface area contributed by atoms with Crippen molar-refractivity contribution >= 4 is 5.82 Å². The van der Waals surface area contributed by atoms with Crippen molar-refractivity contribution in [1.29, 1.82) is 0 Å². The summed E-state index contributed by atoms with van der Waals surface area (Å²) >= 11 is 0. The molecule has 1 aromatic rings. The molecule has 1 rings (SSSR count). The van der Waals surface area contributed by atoms with E-state index in [1.807, 2.05) is 0 Å². The molecular weight excluding hydrogens is 199 g/mol. The largest absolute Gasteiger partial charge is 0.436 e. The number of hydrogen-bond donors (Lipinski definition) is 1. The summed E-state index contributed by atoms with van der Waals surface area (Å²) in [5, 5.41) is 9.53. The number of rotatable bonds is 4. The third-order valence-corrected chi connectivity index (χ3v) is 1.33. The first-order valence-corrected chi connectivity index (χ1v) is 3.74. The third-order valence-electron chi connectivity index (χ3n) is 1.33. The maximum atomic E-state index is 12.3. The highest BCUT2D eigenvalue weighted by Crippen LogP contribution is 2.13. The molecule has 0 bridgehead atoms. The summed E-state index contributed by atoms with van der Waals surface area (Å²) < 4.78 is 39.9. The molecule has 0 amide bonds. The minimum Gasteiger partial charge on any atom is -0.436 e. The molecular formula is C7H8F3N3O. The van der Waals surface area contributed by atoms with E-state index in [0.29, 0.717) is 5.82 Å². The Kier molecular flexibility index (Phi) is 3.49. The fraction of sp³-hybridized carbons (Fsp3) is 0.429. The SMILES string of the molecule is CNc1ccc(OC(F)C(F)F)nn1. The van der Waals surface area contributed by atoms with E-state index >= 15 is 0 Å². The first-order chi connectivity index (χ1) is 6.63. The quantitative estimate of drug-likeness (QED) is 0.811. The van der Waals surface area contributed by atoms with E-state index in [1.165, 1.54) is 12.1 Å². The highest BCUT2D eigenvalue weighted by molar-refractivity contribution is 5.32. The summed E-state index contributed by atoms with van der Waals surface area (Å²) in [5.41, 5.74) is 0. The first kappa shape index (κ1) is 10.6. The highest BCUT2D eigenvalue weighted by Gasteiger charge is 2.21. The zero-order chi connectivity index (χ0) is 10.6. The van der Waals surface area contributed by atoms with Gasteiger partial charge in [0.25, 0.3) is 6.36 Å². The van der Waals surface area contributed by atoms with Gasteiger partial charge in [0.1, 0.15) is 5.82 Å². The molecule has 1 unspecified atom stereocenters. The average Bonchev–Trinajstić information content (AvgIpc) is 2.19. The number of ether oxygens (including phenoxy) is 1. The Balaban J connectivity index is 2.59. The Labute approximate surface area is 78.1 Å². The lowest BCUT2D eigenvalue weighted by molar-refractivity contribution is -0.0694. The molecule has 0 saturated heterocycles. The minimum atomic E-state index is -3.19.